The highest BCUT2D eigenvalue weighted by Crippen LogP contribution is 1.58. The smallest absolute Gasteiger partial charge is 0.0769 e. The predicted octanol–water partition coefficient (Wildman–Crippen LogP) is 0.810. The van der Waals surface area contributed by atoms with Crippen molar-refractivity contribution in [3.05, 3.63) is 17.7 Å². The fourth-order valence-electron chi connectivity index (χ4n) is 0.166. The summed E-state index contributed by atoms with van der Waals surface area (Å²) >= 11 is 0. The van der Waals surface area contributed by atoms with E-state index in [1.807, 2.05) is 0 Å². The van der Waals surface area contributed by atoms with E-state index < -0.39 is 0 Å². The molecule has 0 saturated carbocycles. The van der Waals surface area contributed by atoms with Crippen LogP contribution in [-0.2, 0) is 0 Å². The molecule has 2 heteroatoms. The molecule has 0 bridgehead atoms. The molecule has 0 aliphatic rings. The van der Waals surface area contributed by atoms with E-state index in [1.165, 1.54) is 6.20 Å². The Labute approximate surface area is 48.3 Å². The molecule has 40 valence electrons. The minimum absolute atomic E-state index is 1.39. The van der Waals surface area contributed by atoms with E-state index >= 15 is 0 Å². The molecule has 0 N–H and O–H groups in total. The molecule has 8 heavy (non-hydrogen) atoms. The Hall–Kier alpha value is -1.32. The van der Waals surface area contributed by atoms with Gasteiger partial charge in [0.15, 0.2) is 0 Å². The van der Waals surface area contributed by atoms with Crippen LogP contribution in [0.3, 0.4) is 0 Å². The summed E-state index contributed by atoms with van der Waals surface area (Å²) in [6.45, 7) is 3.19. The van der Waals surface area contributed by atoms with Gasteiger partial charge in [0.2, 0.25) is 0 Å². The molecule has 0 fully saturated rings. The zero-order valence-electron chi connectivity index (χ0n) is 4.68. The molecular weight excluding hydrogens is 100 g/mol. The number of nitrogens with zero attached hydrogens (tertiary/aromatic N) is 2. The van der Waals surface area contributed by atoms with E-state index in [0.717, 1.165) is 0 Å². The third-order valence-electron chi connectivity index (χ3n) is 0.396. The van der Waals surface area contributed by atoms with E-state index in [1.54, 1.807) is 7.05 Å². The van der Waals surface area contributed by atoms with E-state index in [-0.39, 0.29) is 0 Å². The highest BCUT2D eigenvalue weighted by molar-refractivity contribution is 5.49. The molecule has 0 aliphatic heterocycles. The van der Waals surface area contributed by atoms with Gasteiger partial charge in [-0.1, -0.05) is 0 Å². The Bertz CT molecular complexity index is 185. The molecule has 0 heterocycles. The normalized spacial score (nSPS) is 5.12. The molecule has 0 rings (SSSR count). The largest absolute Gasteiger partial charge is 0.263 e. The van der Waals surface area contributed by atoms with Crippen LogP contribution in [0.1, 0.15) is 0 Å². The summed E-state index contributed by atoms with van der Waals surface area (Å²) in [7, 11) is 1.61. The van der Waals surface area contributed by atoms with Crippen LogP contribution in [0.4, 0.5) is 0 Å². The SMILES string of the molecule is C=NC=C=C=C=NC. The van der Waals surface area contributed by atoms with Gasteiger partial charge in [-0.2, -0.15) is 0 Å². The van der Waals surface area contributed by atoms with Gasteiger partial charge in [0.25, 0.3) is 0 Å². The van der Waals surface area contributed by atoms with E-state index in [0.29, 0.717) is 0 Å². The predicted molar refractivity (Wildman–Crippen MR) is 34.5 cm³/mol. The molecule has 0 unspecified atom stereocenters. The van der Waals surface area contributed by atoms with Crippen molar-refractivity contribution in [1.29, 1.82) is 0 Å². The summed E-state index contributed by atoms with van der Waals surface area (Å²) < 4.78 is 0. The molecule has 2 nitrogen and oxygen atoms in total. The zero-order valence-corrected chi connectivity index (χ0v) is 4.68. The van der Waals surface area contributed by atoms with Gasteiger partial charge in [-0.3, -0.25) is 4.99 Å². The molecular formula is C6H6N2. The summed E-state index contributed by atoms with van der Waals surface area (Å²) in [5, 5.41) is 0. The first kappa shape index (κ1) is 6.68. The quantitative estimate of drug-likeness (QED) is 0.349. The maximum absolute atomic E-state index is 3.50. The lowest BCUT2D eigenvalue weighted by Crippen LogP contribution is -1.42. The average Bonchev–Trinajstić information content (AvgIpc) is 1.81. The zero-order chi connectivity index (χ0) is 6.24. The lowest BCUT2D eigenvalue weighted by Gasteiger charge is -1.53. The third-order valence-corrected chi connectivity index (χ3v) is 0.396. The van der Waals surface area contributed by atoms with Crippen LogP contribution in [0.2, 0.25) is 0 Å². The van der Waals surface area contributed by atoms with Crippen LogP contribution in [-0.4, -0.2) is 19.6 Å². The van der Waals surface area contributed by atoms with Crippen molar-refractivity contribution in [2.75, 3.05) is 7.05 Å². The van der Waals surface area contributed by atoms with Gasteiger partial charge in [-0.15, -0.1) is 0 Å². The van der Waals surface area contributed by atoms with Crippen molar-refractivity contribution in [3.63, 3.8) is 0 Å². The van der Waals surface area contributed by atoms with Crippen LogP contribution in [0.25, 0.3) is 0 Å². The number of rotatable bonds is 1. The monoisotopic (exact) mass is 106 g/mol. The van der Waals surface area contributed by atoms with Crippen molar-refractivity contribution in [3.8, 4) is 0 Å². The van der Waals surface area contributed by atoms with Crippen LogP contribution < -0.4 is 0 Å². The van der Waals surface area contributed by atoms with E-state index in [9.17, 15) is 0 Å². The maximum atomic E-state index is 3.50. The molecule has 0 saturated heterocycles. The first-order valence-electron chi connectivity index (χ1n) is 2.03. The van der Waals surface area contributed by atoms with Crippen LogP contribution in [0.5, 0.6) is 0 Å². The second-order valence-electron chi connectivity index (χ2n) is 0.916. The van der Waals surface area contributed by atoms with Gasteiger partial charge in [0.1, 0.15) is 0 Å². The molecule has 0 aromatic heterocycles. The van der Waals surface area contributed by atoms with Crippen LogP contribution in [0, 0.1) is 0 Å². The summed E-state index contributed by atoms with van der Waals surface area (Å²) in [6.07, 6.45) is 1.39. The molecule has 0 radical (unpaired) electrons. The topological polar surface area (TPSA) is 24.7 Å². The first-order valence-corrected chi connectivity index (χ1v) is 2.03. The summed E-state index contributed by atoms with van der Waals surface area (Å²) in [5.74, 6) is 2.43. The lowest BCUT2D eigenvalue weighted by atomic mass is 10.8. The van der Waals surface area contributed by atoms with Gasteiger partial charge in [-0.25, -0.2) is 4.99 Å². The van der Waals surface area contributed by atoms with Crippen molar-refractivity contribution >= 4 is 12.6 Å². The molecule has 0 aliphatic carbocycles. The molecule has 0 aromatic rings. The number of hydrogen-bond acceptors (Lipinski definition) is 2. The minimum Gasteiger partial charge on any atom is -0.263 e. The first-order chi connectivity index (χ1) is 3.91. The molecule has 0 aromatic carbocycles. The second kappa shape index (κ2) is 5.68. The van der Waals surface area contributed by atoms with E-state index in [2.05, 4.69) is 34.0 Å². The average molecular weight is 106 g/mol. The van der Waals surface area contributed by atoms with Crippen LogP contribution in [0.15, 0.2) is 27.6 Å². The summed E-state index contributed by atoms with van der Waals surface area (Å²) in [5.41, 5.74) is 5.01. The third kappa shape index (κ3) is 4.68. The standard InChI is InChI=1S/C6H6N2/c1-7-5-3-4-6-8-2/h5H,1H2,2H3. The minimum atomic E-state index is 1.39. The van der Waals surface area contributed by atoms with Gasteiger partial charge >= 0.3 is 0 Å². The molecule has 0 atom stereocenters. The van der Waals surface area contributed by atoms with Crippen molar-refractivity contribution < 1.29 is 0 Å². The van der Waals surface area contributed by atoms with Crippen molar-refractivity contribution in [2.45, 2.75) is 0 Å². The summed E-state index contributed by atoms with van der Waals surface area (Å²) in [6, 6.07) is 0. The fraction of sp³-hybridized carbons (Fsp3) is 0.167. The highest BCUT2D eigenvalue weighted by atomic mass is 14.6. The van der Waals surface area contributed by atoms with Gasteiger partial charge < -0.3 is 0 Å². The number of hydrogen-bond donors (Lipinski definition) is 0. The Morgan fingerprint density at radius 1 is 1.62 bits per heavy atom. The molecule has 0 spiro atoms. The van der Waals surface area contributed by atoms with E-state index in [4.69, 9.17) is 0 Å². The van der Waals surface area contributed by atoms with Crippen molar-refractivity contribution in [1.82, 2.24) is 0 Å². The van der Waals surface area contributed by atoms with Gasteiger partial charge in [0, 0.05) is 18.6 Å². The lowest BCUT2D eigenvalue weighted by molar-refractivity contribution is 1.48. The Kier molecular flexibility index (Phi) is 4.74. The van der Waals surface area contributed by atoms with Gasteiger partial charge in [-0.05, 0) is 12.4 Å². The van der Waals surface area contributed by atoms with Crippen molar-refractivity contribution in [2.24, 2.45) is 9.98 Å². The highest BCUT2D eigenvalue weighted by Gasteiger charge is 1.42. The Morgan fingerprint density at radius 3 is 2.88 bits per heavy atom. The van der Waals surface area contributed by atoms with Gasteiger partial charge in [0.05, 0.1) is 6.20 Å². The number of aliphatic imine (C=N–C) groups is 2. The maximum Gasteiger partial charge on any atom is 0.0769 e. The van der Waals surface area contributed by atoms with Crippen LogP contribution >= 0.6 is 0 Å². The Morgan fingerprint density at radius 2 is 2.38 bits per heavy atom. The second-order valence-corrected chi connectivity index (χ2v) is 0.916. The molecule has 0 amide bonds. The Balaban J connectivity index is 4.22. The fourth-order valence-corrected chi connectivity index (χ4v) is 0.166. The summed E-state index contributed by atoms with van der Waals surface area (Å²) in [4.78, 5) is 6.88.